The molecule has 0 aromatic heterocycles. The summed E-state index contributed by atoms with van der Waals surface area (Å²) in [6.45, 7) is 9.30. The number of anilines is 1. The van der Waals surface area contributed by atoms with Gasteiger partial charge in [-0.05, 0) is 73.4 Å². The van der Waals surface area contributed by atoms with Crippen LogP contribution in [0.3, 0.4) is 0 Å². The Morgan fingerprint density at radius 3 is 2.96 bits per heavy atom. The lowest BCUT2D eigenvalue weighted by Gasteiger charge is -2.46. The van der Waals surface area contributed by atoms with E-state index in [1.807, 2.05) is 0 Å². The first-order chi connectivity index (χ1) is 12.2. The molecule has 1 aliphatic carbocycles. The monoisotopic (exact) mass is 335 g/mol. The van der Waals surface area contributed by atoms with Crippen LogP contribution < -0.4 is 10.6 Å². The molecule has 2 saturated heterocycles. The Hall–Kier alpha value is -1.74. The molecule has 5 rings (SSSR count). The van der Waals surface area contributed by atoms with E-state index in [0.717, 1.165) is 11.8 Å². The van der Waals surface area contributed by atoms with Crippen LogP contribution in [0, 0.1) is 25.7 Å². The van der Waals surface area contributed by atoms with Gasteiger partial charge in [0.05, 0.1) is 0 Å². The largest absolute Gasteiger partial charge is 0.378 e. The standard InChI is InChI=1S/C22H29N3/c1-14-5-6-18(8-15(14)2)24-19-9-16-4-3-7-25-13-17-11-23-12-21(17)20(10-19)22(16)25/h5-6,8-9,17,19,21,23-24H,3-4,7,10-13H2,1-2H3. The Labute approximate surface area is 151 Å². The van der Waals surface area contributed by atoms with Crippen LogP contribution in [0.4, 0.5) is 5.69 Å². The highest BCUT2D eigenvalue weighted by Gasteiger charge is 2.42. The van der Waals surface area contributed by atoms with Crippen molar-refractivity contribution in [3.63, 3.8) is 0 Å². The molecule has 3 aliphatic heterocycles. The second-order valence-corrected chi connectivity index (χ2v) is 8.39. The Bertz CT molecular complexity index is 761. The second kappa shape index (κ2) is 5.91. The van der Waals surface area contributed by atoms with Gasteiger partial charge in [-0.15, -0.1) is 0 Å². The van der Waals surface area contributed by atoms with Gasteiger partial charge in [0.1, 0.15) is 0 Å². The fraction of sp³-hybridized carbons (Fsp3) is 0.545. The summed E-state index contributed by atoms with van der Waals surface area (Å²) in [5.74, 6) is 1.58. The minimum absolute atomic E-state index is 0.440. The summed E-state index contributed by atoms with van der Waals surface area (Å²) < 4.78 is 0. The zero-order valence-corrected chi connectivity index (χ0v) is 15.4. The van der Waals surface area contributed by atoms with Gasteiger partial charge >= 0.3 is 0 Å². The highest BCUT2D eigenvalue weighted by molar-refractivity contribution is 5.52. The zero-order chi connectivity index (χ0) is 17.0. The van der Waals surface area contributed by atoms with E-state index >= 15 is 0 Å². The molecule has 0 saturated carbocycles. The van der Waals surface area contributed by atoms with E-state index in [2.05, 4.69) is 53.7 Å². The number of aryl methyl sites for hydroxylation is 2. The molecular formula is C22H29N3. The van der Waals surface area contributed by atoms with E-state index < -0.39 is 0 Å². The molecule has 3 nitrogen and oxygen atoms in total. The second-order valence-electron chi connectivity index (χ2n) is 8.39. The first-order valence-corrected chi connectivity index (χ1v) is 9.92. The lowest BCUT2D eigenvalue weighted by molar-refractivity contribution is 0.219. The van der Waals surface area contributed by atoms with Crippen LogP contribution in [-0.2, 0) is 0 Å². The van der Waals surface area contributed by atoms with Crippen LogP contribution in [0.5, 0.6) is 0 Å². The highest BCUT2D eigenvalue weighted by atomic mass is 15.2. The van der Waals surface area contributed by atoms with Crippen LogP contribution in [0.15, 0.2) is 41.1 Å². The number of fused-ring (bicyclic) bond motifs is 2. The number of nitrogens with zero attached hydrogens (tertiary/aromatic N) is 1. The summed E-state index contributed by atoms with van der Waals surface area (Å²) in [5, 5.41) is 7.47. The quantitative estimate of drug-likeness (QED) is 0.864. The van der Waals surface area contributed by atoms with Gasteiger partial charge in [-0.1, -0.05) is 12.1 Å². The fourth-order valence-corrected chi connectivity index (χ4v) is 5.36. The molecule has 132 valence electrons. The van der Waals surface area contributed by atoms with Crippen LogP contribution in [0.2, 0.25) is 0 Å². The maximum absolute atomic E-state index is 3.82. The first kappa shape index (κ1) is 15.5. The number of nitrogens with one attached hydrogen (secondary N) is 2. The van der Waals surface area contributed by atoms with Gasteiger partial charge in [-0.2, -0.15) is 0 Å². The van der Waals surface area contributed by atoms with Gasteiger partial charge in [0.25, 0.3) is 0 Å². The molecule has 2 fully saturated rings. The van der Waals surface area contributed by atoms with Crippen molar-refractivity contribution in [3.05, 3.63) is 52.2 Å². The molecule has 1 aromatic rings. The van der Waals surface area contributed by atoms with Crippen molar-refractivity contribution in [2.75, 3.05) is 31.5 Å². The SMILES string of the molecule is Cc1ccc(NC2C=C3CCCN4CC5CNCC5C(=C34)C2)cc1C. The lowest BCUT2D eigenvalue weighted by atomic mass is 9.74. The summed E-state index contributed by atoms with van der Waals surface area (Å²) in [5.41, 5.74) is 8.98. The lowest BCUT2D eigenvalue weighted by Crippen LogP contribution is -2.44. The summed E-state index contributed by atoms with van der Waals surface area (Å²) in [6.07, 6.45) is 6.27. The maximum Gasteiger partial charge on any atom is 0.0488 e. The molecule has 0 bridgehead atoms. The third kappa shape index (κ3) is 2.60. The van der Waals surface area contributed by atoms with Crippen LogP contribution in [0.25, 0.3) is 0 Å². The summed E-state index contributed by atoms with van der Waals surface area (Å²) >= 11 is 0. The topological polar surface area (TPSA) is 27.3 Å². The zero-order valence-electron chi connectivity index (χ0n) is 15.4. The Kier molecular flexibility index (Phi) is 3.67. The maximum atomic E-state index is 3.82. The van der Waals surface area contributed by atoms with Crippen LogP contribution in [-0.4, -0.2) is 37.1 Å². The van der Waals surface area contributed by atoms with Gasteiger partial charge in [0, 0.05) is 49.5 Å². The van der Waals surface area contributed by atoms with Gasteiger partial charge in [0.2, 0.25) is 0 Å². The summed E-state index contributed by atoms with van der Waals surface area (Å²) in [6, 6.07) is 7.21. The third-order valence-electron chi connectivity index (χ3n) is 6.74. The number of piperidine rings is 1. The number of allylic oxidation sites excluding steroid dienone is 1. The molecule has 25 heavy (non-hydrogen) atoms. The van der Waals surface area contributed by atoms with Crippen LogP contribution >= 0.6 is 0 Å². The molecule has 3 atom stereocenters. The summed E-state index contributed by atoms with van der Waals surface area (Å²) in [4.78, 5) is 2.70. The minimum atomic E-state index is 0.440. The average Bonchev–Trinajstić information content (AvgIpc) is 3.07. The van der Waals surface area contributed by atoms with E-state index in [-0.39, 0.29) is 0 Å². The van der Waals surface area contributed by atoms with Crippen molar-refractivity contribution in [2.24, 2.45) is 11.8 Å². The van der Waals surface area contributed by atoms with Gasteiger partial charge in [0.15, 0.2) is 0 Å². The van der Waals surface area contributed by atoms with Crippen molar-refractivity contribution in [3.8, 4) is 0 Å². The molecule has 1 aromatic carbocycles. The molecule has 4 aliphatic rings. The first-order valence-electron chi connectivity index (χ1n) is 9.92. The normalized spacial score (nSPS) is 30.7. The molecular weight excluding hydrogens is 306 g/mol. The van der Waals surface area contributed by atoms with Gasteiger partial charge < -0.3 is 15.5 Å². The van der Waals surface area contributed by atoms with E-state index in [0.29, 0.717) is 6.04 Å². The Morgan fingerprint density at radius 1 is 1.16 bits per heavy atom. The van der Waals surface area contributed by atoms with Gasteiger partial charge in [-0.25, -0.2) is 0 Å². The van der Waals surface area contributed by atoms with E-state index in [9.17, 15) is 0 Å². The molecule has 2 N–H and O–H groups in total. The van der Waals surface area contributed by atoms with Gasteiger partial charge in [-0.3, -0.25) is 0 Å². The Morgan fingerprint density at radius 2 is 2.08 bits per heavy atom. The van der Waals surface area contributed by atoms with Crippen molar-refractivity contribution in [2.45, 2.75) is 39.2 Å². The average molecular weight is 335 g/mol. The minimum Gasteiger partial charge on any atom is -0.378 e. The van der Waals surface area contributed by atoms with Crippen molar-refractivity contribution < 1.29 is 0 Å². The van der Waals surface area contributed by atoms with Crippen molar-refractivity contribution >= 4 is 5.69 Å². The number of benzene rings is 1. The summed E-state index contributed by atoms with van der Waals surface area (Å²) in [7, 11) is 0. The molecule has 3 heterocycles. The van der Waals surface area contributed by atoms with Crippen molar-refractivity contribution in [1.29, 1.82) is 0 Å². The van der Waals surface area contributed by atoms with E-state index in [1.165, 1.54) is 62.3 Å². The molecule has 0 spiro atoms. The predicted octanol–water partition coefficient (Wildman–Crippen LogP) is 3.61. The number of rotatable bonds is 2. The molecule has 0 radical (unpaired) electrons. The Balaban J connectivity index is 1.45. The molecule has 3 heteroatoms. The smallest absolute Gasteiger partial charge is 0.0488 e. The van der Waals surface area contributed by atoms with E-state index in [1.54, 1.807) is 16.8 Å². The number of hydrogen-bond acceptors (Lipinski definition) is 3. The third-order valence-corrected chi connectivity index (χ3v) is 6.74. The predicted molar refractivity (Wildman–Crippen MR) is 104 cm³/mol. The molecule has 0 amide bonds. The van der Waals surface area contributed by atoms with Crippen LogP contribution in [0.1, 0.15) is 30.4 Å². The number of hydrogen-bond donors (Lipinski definition) is 2. The highest BCUT2D eigenvalue weighted by Crippen LogP contribution is 2.45. The van der Waals surface area contributed by atoms with E-state index in [4.69, 9.17) is 0 Å². The van der Waals surface area contributed by atoms with Crippen molar-refractivity contribution in [1.82, 2.24) is 10.2 Å². The molecule has 3 unspecified atom stereocenters. The fourth-order valence-electron chi connectivity index (χ4n) is 5.36.